The van der Waals surface area contributed by atoms with Gasteiger partial charge < -0.3 is 0 Å². The van der Waals surface area contributed by atoms with E-state index >= 15 is 0 Å². The number of carbonyl (C=O) groups is 1. The second kappa shape index (κ2) is 4.45. The third-order valence-corrected chi connectivity index (χ3v) is 3.03. The minimum absolute atomic E-state index is 0.151. The lowest BCUT2D eigenvalue weighted by Crippen LogP contribution is -1.89. The monoisotopic (exact) mass is 217 g/mol. The Morgan fingerprint density at radius 3 is 2.87 bits per heavy atom. The van der Waals surface area contributed by atoms with Crippen molar-refractivity contribution in [3.05, 3.63) is 36.4 Å². The van der Waals surface area contributed by atoms with Crippen LogP contribution in [0.2, 0.25) is 0 Å². The van der Waals surface area contributed by atoms with Gasteiger partial charge in [0.05, 0.1) is 5.52 Å². The second-order valence-electron chi connectivity index (χ2n) is 3.17. The van der Waals surface area contributed by atoms with Crippen LogP contribution in [-0.2, 0) is 4.79 Å². The van der Waals surface area contributed by atoms with Crippen LogP contribution in [0.4, 0.5) is 0 Å². The maximum atomic E-state index is 11.2. The summed E-state index contributed by atoms with van der Waals surface area (Å²) in [6.45, 7) is 1.86. The van der Waals surface area contributed by atoms with Crippen molar-refractivity contribution in [3.8, 4) is 0 Å². The number of rotatable bonds is 2. The molecule has 0 spiro atoms. The number of hydrogen-bond donors (Lipinski definition) is 0. The Hall–Kier alpha value is -1.35. The van der Waals surface area contributed by atoms with Crippen LogP contribution in [0, 0.1) is 0 Å². The molecule has 0 N–H and O–H groups in total. The Bertz CT molecular complexity index is 496. The largest absolute Gasteiger partial charge is 0.287 e. The zero-order valence-corrected chi connectivity index (χ0v) is 9.25. The van der Waals surface area contributed by atoms with Gasteiger partial charge in [-0.2, -0.15) is 0 Å². The van der Waals surface area contributed by atoms with Gasteiger partial charge in [0.2, 0.25) is 0 Å². The van der Waals surface area contributed by atoms with Crippen LogP contribution in [0.15, 0.2) is 41.4 Å². The number of aromatic nitrogens is 1. The minimum atomic E-state index is 0.151. The number of benzene rings is 1. The molecule has 0 atom stereocenters. The average molecular weight is 217 g/mol. The van der Waals surface area contributed by atoms with E-state index in [0.29, 0.717) is 6.42 Å². The number of thioether (sulfide) groups is 1. The quantitative estimate of drug-likeness (QED) is 0.723. The highest BCUT2D eigenvalue weighted by Crippen LogP contribution is 2.21. The van der Waals surface area contributed by atoms with E-state index in [-0.39, 0.29) is 5.12 Å². The van der Waals surface area contributed by atoms with Crippen LogP contribution < -0.4 is 0 Å². The summed E-state index contributed by atoms with van der Waals surface area (Å²) < 4.78 is 0. The maximum Gasteiger partial charge on any atom is 0.194 e. The topological polar surface area (TPSA) is 30.0 Å². The Labute approximate surface area is 92.7 Å². The molecule has 0 aliphatic heterocycles. The molecule has 0 bridgehead atoms. The Morgan fingerprint density at radius 2 is 2.07 bits per heavy atom. The lowest BCUT2D eigenvalue weighted by molar-refractivity contribution is -0.110. The molecule has 0 aliphatic carbocycles. The highest BCUT2D eigenvalue weighted by molar-refractivity contribution is 8.13. The van der Waals surface area contributed by atoms with Crippen LogP contribution in [0.5, 0.6) is 0 Å². The molecule has 0 radical (unpaired) electrons. The molecule has 0 saturated carbocycles. The standard InChI is InChI=1S/C12H11NOS/c1-2-12(14)15-11-8-7-9-5-3-4-6-10(9)13-11/h3-8H,2H2,1H3. The van der Waals surface area contributed by atoms with Crippen LogP contribution in [0.25, 0.3) is 10.9 Å². The van der Waals surface area contributed by atoms with Gasteiger partial charge in [-0.15, -0.1) is 0 Å². The fourth-order valence-corrected chi connectivity index (χ4v) is 1.95. The number of pyridine rings is 1. The first-order valence-corrected chi connectivity index (χ1v) is 5.67. The van der Waals surface area contributed by atoms with Gasteiger partial charge in [0.1, 0.15) is 5.03 Å². The van der Waals surface area contributed by atoms with Gasteiger partial charge in [0, 0.05) is 11.8 Å². The summed E-state index contributed by atoms with van der Waals surface area (Å²) in [5, 5.41) is 2.03. The summed E-state index contributed by atoms with van der Waals surface area (Å²) in [5.74, 6) is 0. The molecule has 0 fully saturated rings. The predicted molar refractivity (Wildman–Crippen MR) is 62.9 cm³/mol. The number of fused-ring (bicyclic) bond motifs is 1. The van der Waals surface area contributed by atoms with E-state index in [1.165, 1.54) is 11.8 Å². The highest BCUT2D eigenvalue weighted by atomic mass is 32.2. The predicted octanol–water partition coefficient (Wildman–Crippen LogP) is 3.26. The van der Waals surface area contributed by atoms with Gasteiger partial charge in [-0.25, -0.2) is 4.98 Å². The van der Waals surface area contributed by atoms with Crippen molar-refractivity contribution in [2.24, 2.45) is 0 Å². The van der Waals surface area contributed by atoms with E-state index in [4.69, 9.17) is 0 Å². The fraction of sp³-hybridized carbons (Fsp3) is 0.167. The Morgan fingerprint density at radius 1 is 1.27 bits per heavy atom. The zero-order valence-electron chi connectivity index (χ0n) is 8.43. The van der Waals surface area contributed by atoms with Crippen molar-refractivity contribution in [2.45, 2.75) is 18.4 Å². The molecule has 2 nitrogen and oxygen atoms in total. The van der Waals surface area contributed by atoms with E-state index in [2.05, 4.69) is 4.98 Å². The highest BCUT2D eigenvalue weighted by Gasteiger charge is 2.03. The third-order valence-electron chi connectivity index (χ3n) is 2.08. The van der Waals surface area contributed by atoms with Gasteiger partial charge in [-0.05, 0) is 23.9 Å². The summed E-state index contributed by atoms with van der Waals surface area (Å²) >= 11 is 1.21. The summed E-state index contributed by atoms with van der Waals surface area (Å²) in [7, 11) is 0. The van der Waals surface area contributed by atoms with Crippen molar-refractivity contribution < 1.29 is 4.79 Å². The molecule has 2 rings (SSSR count). The fourth-order valence-electron chi connectivity index (χ4n) is 1.29. The van der Waals surface area contributed by atoms with Crippen molar-refractivity contribution >= 4 is 27.8 Å². The summed E-state index contributed by atoms with van der Waals surface area (Å²) in [4.78, 5) is 15.6. The summed E-state index contributed by atoms with van der Waals surface area (Å²) in [5.41, 5.74) is 0.936. The van der Waals surface area contributed by atoms with E-state index < -0.39 is 0 Å². The van der Waals surface area contributed by atoms with E-state index in [0.717, 1.165) is 15.9 Å². The Kier molecular flexibility index (Phi) is 3.02. The van der Waals surface area contributed by atoms with Gasteiger partial charge in [-0.3, -0.25) is 4.79 Å². The number of carbonyl (C=O) groups excluding carboxylic acids is 1. The van der Waals surface area contributed by atoms with Gasteiger partial charge >= 0.3 is 0 Å². The molecule has 0 aliphatic rings. The first-order chi connectivity index (χ1) is 7.29. The van der Waals surface area contributed by atoms with Crippen LogP contribution in [-0.4, -0.2) is 10.1 Å². The molecular weight excluding hydrogens is 206 g/mol. The Balaban J connectivity index is 2.34. The molecule has 1 aromatic heterocycles. The van der Waals surface area contributed by atoms with Crippen LogP contribution in [0.1, 0.15) is 13.3 Å². The molecule has 1 heterocycles. The maximum absolute atomic E-state index is 11.2. The molecule has 3 heteroatoms. The van der Waals surface area contributed by atoms with Crippen molar-refractivity contribution in [1.82, 2.24) is 4.98 Å². The zero-order chi connectivity index (χ0) is 10.7. The summed E-state index contributed by atoms with van der Waals surface area (Å²) in [6, 6.07) is 11.8. The minimum Gasteiger partial charge on any atom is -0.287 e. The van der Waals surface area contributed by atoms with Crippen LogP contribution >= 0.6 is 11.8 Å². The lowest BCUT2D eigenvalue weighted by Gasteiger charge is -2.00. The normalized spacial score (nSPS) is 10.5. The number of para-hydroxylation sites is 1. The van der Waals surface area contributed by atoms with Gasteiger partial charge in [0.25, 0.3) is 0 Å². The van der Waals surface area contributed by atoms with Crippen molar-refractivity contribution in [3.63, 3.8) is 0 Å². The molecule has 0 saturated heterocycles. The molecule has 76 valence electrons. The molecule has 1 aromatic carbocycles. The van der Waals surface area contributed by atoms with Gasteiger partial charge in [-0.1, -0.05) is 31.2 Å². The van der Waals surface area contributed by atoms with E-state index in [9.17, 15) is 4.79 Å². The first-order valence-electron chi connectivity index (χ1n) is 4.86. The van der Waals surface area contributed by atoms with E-state index in [1.54, 1.807) is 0 Å². The molecular formula is C12H11NOS. The molecule has 0 amide bonds. The average Bonchev–Trinajstić information content (AvgIpc) is 2.29. The third kappa shape index (κ3) is 2.36. The van der Waals surface area contributed by atoms with Crippen molar-refractivity contribution in [2.75, 3.05) is 0 Å². The first kappa shape index (κ1) is 10.2. The van der Waals surface area contributed by atoms with E-state index in [1.807, 2.05) is 43.3 Å². The van der Waals surface area contributed by atoms with Gasteiger partial charge in [0.15, 0.2) is 5.12 Å². The van der Waals surface area contributed by atoms with Crippen LogP contribution in [0.3, 0.4) is 0 Å². The molecule has 2 aromatic rings. The molecule has 15 heavy (non-hydrogen) atoms. The SMILES string of the molecule is CCC(=O)Sc1ccc2ccccc2n1. The lowest BCUT2D eigenvalue weighted by atomic mass is 10.2. The number of hydrogen-bond acceptors (Lipinski definition) is 3. The van der Waals surface area contributed by atoms with Crippen molar-refractivity contribution in [1.29, 1.82) is 0 Å². The summed E-state index contributed by atoms with van der Waals surface area (Å²) in [6.07, 6.45) is 0.541. The smallest absolute Gasteiger partial charge is 0.194 e. The second-order valence-corrected chi connectivity index (χ2v) is 4.25. The number of nitrogens with zero attached hydrogens (tertiary/aromatic N) is 1. The molecule has 0 unspecified atom stereocenters.